The minimum Gasteiger partial charge on any atom is -0.394 e. The lowest BCUT2D eigenvalue weighted by atomic mass is 9.99. The summed E-state index contributed by atoms with van der Waals surface area (Å²) in [6.45, 7) is 3.22. The smallest absolute Gasteiger partial charge is 0.394 e. The molecule has 1 amide bonds. The summed E-state index contributed by atoms with van der Waals surface area (Å²) in [5, 5.41) is 55.0. The molecule has 0 aromatic heterocycles. The maximum atomic E-state index is 13.0. The molecule has 0 saturated carbocycles. The number of nitrogens with one attached hydrogen (secondary N) is 1. The molecule has 1 heterocycles. The molecular formula is C40H79NO12S. The molecule has 1 aliphatic heterocycles. The van der Waals surface area contributed by atoms with Crippen LogP contribution in [0.4, 0.5) is 0 Å². The third kappa shape index (κ3) is 24.6. The molecule has 14 heteroatoms. The molecule has 54 heavy (non-hydrogen) atoms. The molecule has 8 atom stereocenters. The van der Waals surface area contributed by atoms with Crippen LogP contribution < -0.4 is 5.32 Å². The Bertz CT molecular complexity index is 1010. The normalized spacial score (nSPS) is 22.3. The van der Waals surface area contributed by atoms with Gasteiger partial charge in [0.15, 0.2) is 6.29 Å². The van der Waals surface area contributed by atoms with E-state index in [-0.39, 0.29) is 6.42 Å². The van der Waals surface area contributed by atoms with Gasteiger partial charge in [0, 0.05) is 0 Å². The highest BCUT2D eigenvalue weighted by Gasteiger charge is 2.48. The summed E-state index contributed by atoms with van der Waals surface area (Å²) in [6.07, 6.45) is 18.9. The molecule has 0 radical (unpaired) electrons. The fourth-order valence-corrected chi connectivity index (χ4v) is 7.56. The first-order chi connectivity index (χ1) is 25.9. The third-order valence-electron chi connectivity index (χ3n) is 10.5. The van der Waals surface area contributed by atoms with Gasteiger partial charge in [0.1, 0.15) is 30.5 Å². The fourth-order valence-electron chi connectivity index (χ4n) is 7.05. The summed E-state index contributed by atoms with van der Waals surface area (Å²) in [5.41, 5.74) is 0. The van der Waals surface area contributed by atoms with E-state index in [9.17, 15) is 38.7 Å². The molecule has 0 aromatic carbocycles. The topological polar surface area (TPSA) is 212 Å². The van der Waals surface area contributed by atoms with Crippen LogP contribution in [-0.4, -0.2) is 107 Å². The van der Waals surface area contributed by atoms with Gasteiger partial charge >= 0.3 is 10.4 Å². The number of hydrogen-bond acceptors (Lipinski definition) is 11. The van der Waals surface area contributed by atoms with Crippen molar-refractivity contribution < 1.29 is 57.0 Å². The van der Waals surface area contributed by atoms with Gasteiger partial charge in [-0.3, -0.25) is 9.35 Å². The number of carbonyl (C=O) groups is 1. The Morgan fingerprint density at radius 3 is 1.48 bits per heavy atom. The first-order valence-electron chi connectivity index (χ1n) is 21.5. The van der Waals surface area contributed by atoms with E-state index in [0.717, 1.165) is 44.9 Å². The second kappa shape index (κ2) is 32.1. The molecular weight excluding hydrogens is 719 g/mol. The number of rotatable bonds is 36. The summed E-state index contributed by atoms with van der Waals surface area (Å²) < 4.78 is 47.3. The van der Waals surface area contributed by atoms with Crippen LogP contribution in [0.25, 0.3) is 0 Å². The standard InChI is InChI=1S/C40H79NO12S/c1-3-5-7-9-11-13-14-15-16-17-18-19-20-21-23-25-27-29-34(44)39(47)41-32(33(43)28-26-24-22-12-10-8-6-4-2)31-51-40-37(46)38(53-54(48,49)50)36(45)35(30-42)52-40/h32-38,40,42-46H,3-31H2,1-2H3,(H,41,47)(H,48,49,50). The van der Waals surface area contributed by atoms with Gasteiger partial charge in [-0.2, -0.15) is 8.42 Å². The van der Waals surface area contributed by atoms with Gasteiger partial charge in [-0.15, -0.1) is 0 Å². The van der Waals surface area contributed by atoms with Gasteiger partial charge < -0.3 is 40.3 Å². The second-order valence-electron chi connectivity index (χ2n) is 15.4. The lowest BCUT2D eigenvalue weighted by molar-refractivity contribution is -0.298. The van der Waals surface area contributed by atoms with E-state index in [0.29, 0.717) is 19.3 Å². The quantitative estimate of drug-likeness (QED) is 0.0271. The average molecular weight is 798 g/mol. The lowest BCUT2D eigenvalue weighted by Crippen LogP contribution is -2.61. The Balaban J connectivity index is 2.52. The predicted octanol–water partition coefficient (Wildman–Crippen LogP) is 6.41. The fraction of sp³-hybridized carbons (Fsp3) is 0.975. The third-order valence-corrected chi connectivity index (χ3v) is 11.0. The van der Waals surface area contributed by atoms with Crippen LogP contribution in [0.1, 0.15) is 187 Å². The van der Waals surface area contributed by atoms with E-state index < -0.39 is 78.5 Å². The summed E-state index contributed by atoms with van der Waals surface area (Å²) in [7, 11) is -5.10. The molecule has 1 aliphatic rings. The molecule has 0 bridgehead atoms. The monoisotopic (exact) mass is 798 g/mol. The number of hydrogen-bond donors (Lipinski definition) is 7. The SMILES string of the molecule is CCCCCCCCCCCCCCCCCCCC(O)C(=O)NC(COC1OC(CO)C(O)C(OS(=O)(=O)O)C1O)C(O)CCCCCCCCCC. The number of aliphatic hydroxyl groups is 5. The average Bonchev–Trinajstić information content (AvgIpc) is 3.14. The van der Waals surface area contributed by atoms with Crippen LogP contribution in [0.2, 0.25) is 0 Å². The minimum atomic E-state index is -5.10. The molecule has 1 saturated heterocycles. The van der Waals surface area contributed by atoms with E-state index in [4.69, 9.17) is 14.0 Å². The Morgan fingerprint density at radius 1 is 0.667 bits per heavy atom. The molecule has 1 rings (SSSR count). The molecule has 8 unspecified atom stereocenters. The van der Waals surface area contributed by atoms with E-state index in [1.54, 1.807) is 0 Å². The van der Waals surface area contributed by atoms with Gasteiger partial charge in [-0.25, -0.2) is 4.18 Å². The Kier molecular flexibility index (Phi) is 30.3. The molecule has 0 spiro atoms. The predicted molar refractivity (Wildman–Crippen MR) is 210 cm³/mol. The van der Waals surface area contributed by atoms with Gasteiger partial charge in [0.2, 0.25) is 5.91 Å². The van der Waals surface area contributed by atoms with Crippen molar-refractivity contribution in [3.63, 3.8) is 0 Å². The number of ether oxygens (including phenoxy) is 2. The number of carbonyl (C=O) groups excluding carboxylic acids is 1. The summed E-state index contributed by atoms with van der Waals surface area (Å²) in [6, 6.07) is -1.02. The van der Waals surface area contributed by atoms with E-state index in [1.165, 1.54) is 103 Å². The molecule has 13 nitrogen and oxygen atoms in total. The maximum Gasteiger partial charge on any atom is 0.397 e. The Hall–Kier alpha value is -0.940. The number of unbranched alkanes of at least 4 members (excludes halogenated alkanes) is 23. The first-order valence-corrected chi connectivity index (χ1v) is 22.9. The molecule has 1 fully saturated rings. The number of amides is 1. The van der Waals surface area contributed by atoms with Crippen molar-refractivity contribution in [1.29, 1.82) is 0 Å². The zero-order valence-electron chi connectivity index (χ0n) is 33.7. The van der Waals surface area contributed by atoms with Crippen molar-refractivity contribution in [1.82, 2.24) is 5.32 Å². The highest BCUT2D eigenvalue weighted by molar-refractivity contribution is 7.80. The molecule has 0 aromatic rings. The minimum absolute atomic E-state index is 0.265. The van der Waals surface area contributed by atoms with Crippen LogP contribution in [-0.2, 0) is 28.9 Å². The lowest BCUT2D eigenvalue weighted by Gasteiger charge is -2.41. The first kappa shape index (κ1) is 51.1. The zero-order valence-corrected chi connectivity index (χ0v) is 34.5. The van der Waals surface area contributed by atoms with Gasteiger partial charge in [-0.05, 0) is 12.8 Å². The van der Waals surface area contributed by atoms with Crippen molar-refractivity contribution in [2.45, 2.75) is 236 Å². The number of aliphatic hydroxyl groups excluding tert-OH is 5. The van der Waals surface area contributed by atoms with Crippen LogP contribution >= 0.6 is 0 Å². The van der Waals surface area contributed by atoms with E-state index in [2.05, 4.69) is 23.3 Å². The van der Waals surface area contributed by atoms with Crippen LogP contribution in [0.3, 0.4) is 0 Å². The van der Waals surface area contributed by atoms with Crippen molar-refractivity contribution in [3.05, 3.63) is 0 Å². The maximum absolute atomic E-state index is 13.0. The largest absolute Gasteiger partial charge is 0.397 e. The Morgan fingerprint density at radius 2 is 1.07 bits per heavy atom. The van der Waals surface area contributed by atoms with Crippen LogP contribution in [0.15, 0.2) is 0 Å². The Labute approximate surface area is 327 Å². The second-order valence-corrected chi connectivity index (χ2v) is 16.5. The summed E-state index contributed by atoms with van der Waals surface area (Å²) in [5.74, 6) is -0.670. The van der Waals surface area contributed by atoms with Crippen LogP contribution in [0, 0.1) is 0 Å². The summed E-state index contributed by atoms with van der Waals surface area (Å²) >= 11 is 0. The van der Waals surface area contributed by atoms with Crippen LogP contribution in [0.5, 0.6) is 0 Å². The highest BCUT2D eigenvalue weighted by Crippen LogP contribution is 2.26. The van der Waals surface area contributed by atoms with Gasteiger partial charge in [0.05, 0.1) is 25.4 Å². The molecule has 0 aliphatic carbocycles. The van der Waals surface area contributed by atoms with Crippen molar-refractivity contribution in [3.8, 4) is 0 Å². The van der Waals surface area contributed by atoms with Gasteiger partial charge in [0.25, 0.3) is 0 Å². The van der Waals surface area contributed by atoms with Crippen molar-refractivity contribution >= 4 is 16.3 Å². The van der Waals surface area contributed by atoms with E-state index in [1.807, 2.05) is 0 Å². The zero-order chi connectivity index (χ0) is 40.0. The van der Waals surface area contributed by atoms with Crippen molar-refractivity contribution in [2.24, 2.45) is 0 Å². The van der Waals surface area contributed by atoms with Gasteiger partial charge in [-0.1, -0.05) is 174 Å². The van der Waals surface area contributed by atoms with Crippen molar-refractivity contribution in [2.75, 3.05) is 13.2 Å². The van der Waals surface area contributed by atoms with E-state index >= 15 is 0 Å². The summed E-state index contributed by atoms with van der Waals surface area (Å²) in [4.78, 5) is 13.0. The molecule has 322 valence electrons. The molecule has 7 N–H and O–H groups in total. The highest BCUT2D eigenvalue weighted by atomic mass is 32.3.